The van der Waals surface area contributed by atoms with Crippen molar-refractivity contribution in [1.82, 2.24) is 14.3 Å². The molecular formula is C40H31N5O8S. The normalized spacial score (nSPS) is 13.9. The van der Waals surface area contributed by atoms with Crippen LogP contribution >= 0.6 is 11.3 Å². The maximum absolute atomic E-state index is 14.5. The Morgan fingerprint density at radius 3 is 2.31 bits per heavy atom. The zero-order chi connectivity index (χ0) is 37.9. The van der Waals surface area contributed by atoms with Crippen LogP contribution in [0.15, 0.2) is 130 Å². The molecule has 0 N–H and O–H groups in total. The van der Waals surface area contributed by atoms with Crippen LogP contribution in [0.1, 0.15) is 40.0 Å². The summed E-state index contributed by atoms with van der Waals surface area (Å²) in [5.41, 5.74) is 3.51. The third-order valence-electron chi connectivity index (χ3n) is 8.80. The van der Waals surface area contributed by atoms with Crippen LogP contribution < -0.4 is 19.6 Å². The van der Waals surface area contributed by atoms with Gasteiger partial charge in [-0.1, -0.05) is 72.0 Å². The number of hydrogen-bond donors (Lipinski definition) is 0. The first-order valence-corrected chi connectivity index (χ1v) is 17.4. The number of benzene rings is 4. The molecule has 13 nitrogen and oxygen atoms in total. The molecule has 0 saturated heterocycles. The molecule has 1 atom stereocenters. The van der Waals surface area contributed by atoms with Crippen molar-refractivity contribution in [3.8, 4) is 22.7 Å². The fraction of sp³-hybridized carbons (Fsp3) is 0.125. The van der Waals surface area contributed by atoms with Crippen LogP contribution in [0.25, 0.3) is 23.0 Å². The molecular weight excluding hydrogens is 711 g/mol. The lowest BCUT2D eigenvalue weighted by atomic mass is 9.95. The van der Waals surface area contributed by atoms with Crippen molar-refractivity contribution in [2.24, 2.45) is 4.99 Å². The average molecular weight is 742 g/mol. The van der Waals surface area contributed by atoms with Gasteiger partial charge >= 0.3 is 17.6 Å². The Morgan fingerprint density at radius 2 is 1.65 bits per heavy atom. The number of ether oxygens (including phenoxy) is 3. The Hall–Kier alpha value is -6.93. The summed E-state index contributed by atoms with van der Waals surface area (Å²) >= 11 is 1.12. The Balaban J connectivity index is 1.38. The molecule has 4 aromatic carbocycles. The molecule has 1 aliphatic rings. The summed E-state index contributed by atoms with van der Waals surface area (Å²) in [5.74, 6) is -1.09. The number of nitrogens with zero attached hydrogens (tertiary/aromatic N) is 5. The molecule has 14 heteroatoms. The van der Waals surface area contributed by atoms with Crippen molar-refractivity contribution in [3.63, 3.8) is 0 Å². The van der Waals surface area contributed by atoms with Gasteiger partial charge in [0.15, 0.2) is 10.6 Å². The van der Waals surface area contributed by atoms with Crippen molar-refractivity contribution >= 4 is 35.0 Å². The van der Waals surface area contributed by atoms with E-state index in [9.17, 15) is 24.5 Å². The molecule has 1 aliphatic heterocycles. The van der Waals surface area contributed by atoms with E-state index < -0.39 is 28.5 Å². The summed E-state index contributed by atoms with van der Waals surface area (Å²) in [6.45, 7) is 1.69. The van der Waals surface area contributed by atoms with E-state index in [2.05, 4.69) is 0 Å². The van der Waals surface area contributed by atoms with Crippen LogP contribution in [0.2, 0.25) is 0 Å². The quantitative estimate of drug-likeness (QED) is 0.100. The number of esters is 2. The number of para-hydroxylation sites is 1. The topological polar surface area (TPSA) is 157 Å². The van der Waals surface area contributed by atoms with E-state index in [-0.39, 0.29) is 28.1 Å². The molecule has 0 spiro atoms. The second-order valence-corrected chi connectivity index (χ2v) is 13.1. The number of fused-ring (bicyclic) bond motifs is 1. The minimum atomic E-state index is -0.950. The van der Waals surface area contributed by atoms with Crippen molar-refractivity contribution in [2.45, 2.75) is 19.6 Å². The lowest BCUT2D eigenvalue weighted by molar-refractivity contribution is -0.385. The molecule has 7 rings (SSSR count). The molecule has 0 radical (unpaired) electrons. The standard InChI is InChI=1S/C40H31N5O8S/c1-24-34(39(48)53-23-25-10-6-4-7-11-25)36(26-14-16-27(17-15-26)38(47)52-3)44-37(46)33(54-40(44)41-24)21-29-22-43(30-12-8-5-9-13-30)42-35(29)28-18-19-32(51-2)31(20-28)45(49)50/h4-22,36H,23H2,1-3H3. The molecule has 270 valence electrons. The smallest absolute Gasteiger partial charge is 0.338 e. The number of nitro groups is 1. The van der Waals surface area contributed by atoms with Crippen molar-refractivity contribution < 1.29 is 28.7 Å². The van der Waals surface area contributed by atoms with Gasteiger partial charge in [0.05, 0.1) is 52.2 Å². The molecule has 0 amide bonds. The monoisotopic (exact) mass is 741 g/mol. The maximum atomic E-state index is 14.5. The van der Waals surface area contributed by atoms with Gasteiger partial charge in [0.25, 0.3) is 5.56 Å². The van der Waals surface area contributed by atoms with Crippen LogP contribution in [0, 0.1) is 10.1 Å². The van der Waals surface area contributed by atoms with Gasteiger partial charge in [0.1, 0.15) is 12.3 Å². The van der Waals surface area contributed by atoms with E-state index in [0.29, 0.717) is 38.4 Å². The fourth-order valence-electron chi connectivity index (χ4n) is 6.17. The number of carbonyl (C=O) groups is 2. The van der Waals surface area contributed by atoms with Gasteiger partial charge in [-0.3, -0.25) is 19.5 Å². The number of nitro benzene ring substituents is 1. The lowest BCUT2D eigenvalue weighted by Gasteiger charge is -2.25. The summed E-state index contributed by atoms with van der Waals surface area (Å²) < 4.78 is 19.2. The number of methoxy groups -OCH3 is 2. The first kappa shape index (κ1) is 35.5. The highest BCUT2D eigenvalue weighted by Crippen LogP contribution is 2.34. The summed E-state index contributed by atoms with van der Waals surface area (Å²) in [6.07, 6.45) is 3.39. The summed E-state index contributed by atoms with van der Waals surface area (Å²) in [7, 11) is 2.64. The molecule has 2 aromatic heterocycles. The largest absolute Gasteiger partial charge is 0.490 e. The van der Waals surface area contributed by atoms with E-state index in [0.717, 1.165) is 22.6 Å². The van der Waals surface area contributed by atoms with Crippen molar-refractivity contribution in [2.75, 3.05) is 14.2 Å². The second kappa shape index (κ2) is 15.0. The lowest BCUT2D eigenvalue weighted by Crippen LogP contribution is -2.39. The van der Waals surface area contributed by atoms with Gasteiger partial charge in [-0.2, -0.15) is 5.10 Å². The van der Waals surface area contributed by atoms with Crippen LogP contribution in [-0.4, -0.2) is 45.4 Å². The predicted octanol–water partition coefficient (Wildman–Crippen LogP) is 5.53. The van der Waals surface area contributed by atoms with Gasteiger partial charge in [-0.25, -0.2) is 19.3 Å². The molecule has 6 aromatic rings. The number of thiazole rings is 1. The number of aromatic nitrogens is 3. The third kappa shape index (κ3) is 6.85. The maximum Gasteiger partial charge on any atom is 0.338 e. The second-order valence-electron chi connectivity index (χ2n) is 12.1. The molecule has 0 fully saturated rings. The molecule has 0 aliphatic carbocycles. The highest BCUT2D eigenvalue weighted by Gasteiger charge is 2.34. The average Bonchev–Trinajstić information content (AvgIpc) is 3.76. The minimum absolute atomic E-state index is 0.00652. The highest BCUT2D eigenvalue weighted by molar-refractivity contribution is 7.07. The molecule has 0 saturated carbocycles. The predicted molar refractivity (Wildman–Crippen MR) is 200 cm³/mol. The van der Waals surface area contributed by atoms with Gasteiger partial charge in [0.2, 0.25) is 0 Å². The number of hydrogen-bond acceptors (Lipinski definition) is 11. The van der Waals surface area contributed by atoms with Crippen LogP contribution in [-0.2, 0) is 20.9 Å². The number of carbonyl (C=O) groups excluding carboxylic acids is 2. The minimum Gasteiger partial charge on any atom is -0.490 e. The first-order chi connectivity index (χ1) is 26.2. The van der Waals surface area contributed by atoms with Crippen LogP contribution in [0.4, 0.5) is 5.69 Å². The van der Waals surface area contributed by atoms with Gasteiger partial charge < -0.3 is 14.2 Å². The van der Waals surface area contributed by atoms with E-state index in [1.54, 1.807) is 54.2 Å². The van der Waals surface area contributed by atoms with Gasteiger partial charge in [-0.05, 0) is 60.5 Å². The Kier molecular flexibility index (Phi) is 9.83. The Labute approximate surface area is 311 Å². The molecule has 3 heterocycles. The fourth-order valence-corrected chi connectivity index (χ4v) is 7.21. The van der Waals surface area contributed by atoms with Crippen molar-refractivity contribution in [3.05, 3.63) is 173 Å². The van der Waals surface area contributed by atoms with Gasteiger partial charge in [0, 0.05) is 23.4 Å². The highest BCUT2D eigenvalue weighted by atomic mass is 32.1. The van der Waals surface area contributed by atoms with E-state index in [1.807, 2.05) is 60.7 Å². The van der Waals surface area contributed by atoms with E-state index in [1.165, 1.54) is 30.9 Å². The van der Waals surface area contributed by atoms with Crippen LogP contribution in [0.3, 0.4) is 0 Å². The van der Waals surface area contributed by atoms with Crippen LogP contribution in [0.5, 0.6) is 5.75 Å². The van der Waals surface area contributed by atoms with E-state index in [4.69, 9.17) is 24.3 Å². The number of rotatable bonds is 10. The molecule has 1 unspecified atom stereocenters. The van der Waals surface area contributed by atoms with E-state index >= 15 is 0 Å². The summed E-state index contributed by atoms with van der Waals surface area (Å²) in [6, 6.07) is 28.6. The number of allylic oxidation sites excluding steroid dienone is 1. The first-order valence-electron chi connectivity index (χ1n) is 16.6. The third-order valence-corrected chi connectivity index (χ3v) is 9.78. The SMILES string of the molecule is COC(=O)c1ccc(C2C(C(=O)OCc3ccccc3)=C(C)N=c3sc(=Cc4cn(-c5ccccc5)nc4-c4ccc(OC)c([N+](=O)[O-])c4)c(=O)n32)cc1. The molecule has 0 bridgehead atoms. The Morgan fingerprint density at radius 1 is 0.944 bits per heavy atom. The van der Waals surface area contributed by atoms with Crippen molar-refractivity contribution in [1.29, 1.82) is 0 Å². The van der Waals surface area contributed by atoms with Gasteiger partial charge in [-0.15, -0.1) is 0 Å². The summed E-state index contributed by atoms with van der Waals surface area (Å²) in [5, 5.41) is 16.7. The zero-order valence-corrected chi connectivity index (χ0v) is 30.0. The Bertz CT molecular complexity index is 2630. The summed E-state index contributed by atoms with van der Waals surface area (Å²) in [4.78, 5) is 57.1. The molecule has 54 heavy (non-hydrogen) atoms. The zero-order valence-electron chi connectivity index (χ0n) is 29.2.